The summed E-state index contributed by atoms with van der Waals surface area (Å²) >= 11 is 3.44. The standard InChI is InChI=1S/C13H15BrO2/c14-9-4-5-10-11(15)7-12(8-2-1-3-8)16-13(10)6-9/h4-6,8,11-12,15H,1-3,7H2. The van der Waals surface area contributed by atoms with E-state index in [0.29, 0.717) is 5.92 Å². The van der Waals surface area contributed by atoms with Crippen molar-refractivity contribution in [2.24, 2.45) is 5.92 Å². The van der Waals surface area contributed by atoms with Gasteiger partial charge in [0.2, 0.25) is 0 Å². The molecule has 2 aliphatic rings. The second-order valence-corrected chi connectivity index (χ2v) is 5.70. The topological polar surface area (TPSA) is 29.5 Å². The Morgan fingerprint density at radius 3 is 2.81 bits per heavy atom. The maximum Gasteiger partial charge on any atom is 0.126 e. The number of aliphatic hydroxyl groups excluding tert-OH is 1. The van der Waals surface area contributed by atoms with Crippen molar-refractivity contribution in [3.05, 3.63) is 28.2 Å². The van der Waals surface area contributed by atoms with Crippen LogP contribution in [0.4, 0.5) is 0 Å². The molecule has 0 bridgehead atoms. The van der Waals surface area contributed by atoms with E-state index < -0.39 is 0 Å². The van der Waals surface area contributed by atoms with Crippen molar-refractivity contribution in [1.29, 1.82) is 0 Å². The third-order valence-corrected chi connectivity index (χ3v) is 4.24. The molecule has 0 saturated heterocycles. The Balaban J connectivity index is 1.88. The molecule has 1 aromatic rings. The van der Waals surface area contributed by atoms with E-state index >= 15 is 0 Å². The summed E-state index contributed by atoms with van der Waals surface area (Å²) < 4.78 is 7.00. The summed E-state index contributed by atoms with van der Waals surface area (Å²) in [7, 11) is 0. The van der Waals surface area contributed by atoms with E-state index in [1.54, 1.807) is 0 Å². The van der Waals surface area contributed by atoms with Gasteiger partial charge in [-0.2, -0.15) is 0 Å². The van der Waals surface area contributed by atoms with Crippen LogP contribution < -0.4 is 4.74 Å². The molecule has 1 aromatic carbocycles. The molecule has 0 amide bonds. The normalized spacial score (nSPS) is 29.1. The number of hydrogen-bond acceptors (Lipinski definition) is 2. The highest BCUT2D eigenvalue weighted by Crippen LogP contribution is 2.42. The molecule has 1 N–H and O–H groups in total. The van der Waals surface area contributed by atoms with Crippen LogP contribution in [0.1, 0.15) is 37.4 Å². The number of benzene rings is 1. The predicted molar refractivity (Wildman–Crippen MR) is 65.5 cm³/mol. The number of ether oxygens (including phenoxy) is 1. The van der Waals surface area contributed by atoms with Crippen molar-refractivity contribution < 1.29 is 9.84 Å². The number of halogens is 1. The highest BCUT2D eigenvalue weighted by molar-refractivity contribution is 9.10. The van der Waals surface area contributed by atoms with Gasteiger partial charge in [-0.1, -0.05) is 28.4 Å². The molecule has 3 heteroatoms. The lowest BCUT2D eigenvalue weighted by molar-refractivity contribution is 0.0105. The van der Waals surface area contributed by atoms with E-state index in [1.807, 2.05) is 18.2 Å². The molecule has 16 heavy (non-hydrogen) atoms. The third-order valence-electron chi connectivity index (χ3n) is 3.74. The highest BCUT2D eigenvalue weighted by atomic mass is 79.9. The molecule has 86 valence electrons. The molecule has 1 aliphatic heterocycles. The van der Waals surface area contributed by atoms with Crippen LogP contribution in [0.25, 0.3) is 0 Å². The summed E-state index contributed by atoms with van der Waals surface area (Å²) in [6.07, 6.45) is 4.42. The van der Waals surface area contributed by atoms with Crippen LogP contribution >= 0.6 is 15.9 Å². The molecular weight excluding hydrogens is 268 g/mol. The van der Waals surface area contributed by atoms with Gasteiger partial charge in [-0.3, -0.25) is 0 Å². The first kappa shape index (κ1) is 10.6. The van der Waals surface area contributed by atoms with Crippen LogP contribution in [0, 0.1) is 5.92 Å². The quantitative estimate of drug-likeness (QED) is 0.855. The Kier molecular flexibility index (Phi) is 2.68. The van der Waals surface area contributed by atoms with Gasteiger partial charge in [-0.05, 0) is 30.9 Å². The molecule has 1 saturated carbocycles. The molecule has 0 radical (unpaired) electrons. The van der Waals surface area contributed by atoms with Gasteiger partial charge in [-0.25, -0.2) is 0 Å². The minimum atomic E-state index is -0.359. The van der Waals surface area contributed by atoms with Crippen LogP contribution in [-0.4, -0.2) is 11.2 Å². The zero-order valence-electron chi connectivity index (χ0n) is 9.03. The molecule has 0 spiro atoms. The summed E-state index contributed by atoms with van der Waals surface area (Å²) in [5, 5.41) is 10.1. The van der Waals surface area contributed by atoms with Crippen molar-refractivity contribution in [3.8, 4) is 5.75 Å². The monoisotopic (exact) mass is 282 g/mol. The Morgan fingerprint density at radius 1 is 1.31 bits per heavy atom. The Labute approximate surface area is 104 Å². The SMILES string of the molecule is OC1CC(C2CCC2)Oc2cc(Br)ccc21. The van der Waals surface area contributed by atoms with Crippen LogP contribution in [0.2, 0.25) is 0 Å². The molecule has 1 fully saturated rings. The van der Waals surface area contributed by atoms with Gasteiger partial charge in [0.15, 0.2) is 0 Å². The summed E-state index contributed by atoms with van der Waals surface area (Å²) in [4.78, 5) is 0. The van der Waals surface area contributed by atoms with Crippen LogP contribution in [0.15, 0.2) is 22.7 Å². The lowest BCUT2D eigenvalue weighted by Crippen LogP contribution is -2.36. The molecule has 1 heterocycles. The van der Waals surface area contributed by atoms with Crippen LogP contribution in [-0.2, 0) is 0 Å². The highest BCUT2D eigenvalue weighted by Gasteiger charge is 2.35. The lowest BCUT2D eigenvalue weighted by Gasteiger charge is -2.38. The zero-order chi connectivity index (χ0) is 11.1. The Bertz CT molecular complexity index is 401. The summed E-state index contributed by atoms with van der Waals surface area (Å²) in [5.74, 6) is 1.51. The Hall–Kier alpha value is -0.540. The largest absolute Gasteiger partial charge is 0.490 e. The fourth-order valence-corrected chi connectivity index (χ4v) is 2.88. The average Bonchev–Trinajstić information content (AvgIpc) is 2.13. The van der Waals surface area contributed by atoms with E-state index in [-0.39, 0.29) is 12.2 Å². The maximum atomic E-state index is 10.1. The average molecular weight is 283 g/mol. The molecule has 2 unspecified atom stereocenters. The lowest BCUT2D eigenvalue weighted by atomic mass is 9.78. The first-order valence-corrected chi connectivity index (χ1v) is 6.67. The second-order valence-electron chi connectivity index (χ2n) is 4.78. The van der Waals surface area contributed by atoms with Gasteiger partial charge in [0.1, 0.15) is 11.9 Å². The van der Waals surface area contributed by atoms with Gasteiger partial charge >= 0.3 is 0 Å². The summed E-state index contributed by atoms with van der Waals surface area (Å²) in [5.41, 5.74) is 0.929. The van der Waals surface area contributed by atoms with Gasteiger partial charge < -0.3 is 9.84 Å². The van der Waals surface area contributed by atoms with Gasteiger partial charge in [-0.15, -0.1) is 0 Å². The van der Waals surface area contributed by atoms with E-state index in [0.717, 1.165) is 22.2 Å². The second kappa shape index (κ2) is 4.04. The number of hydrogen-bond donors (Lipinski definition) is 1. The minimum Gasteiger partial charge on any atom is -0.490 e. The number of aliphatic hydroxyl groups is 1. The smallest absolute Gasteiger partial charge is 0.126 e. The summed E-state index contributed by atoms with van der Waals surface area (Å²) in [6.45, 7) is 0. The minimum absolute atomic E-state index is 0.213. The first-order valence-electron chi connectivity index (χ1n) is 5.88. The molecule has 2 nitrogen and oxygen atoms in total. The molecular formula is C13H15BrO2. The van der Waals surface area contributed by atoms with Gasteiger partial charge in [0.05, 0.1) is 6.10 Å². The van der Waals surface area contributed by atoms with Crippen molar-refractivity contribution in [2.75, 3.05) is 0 Å². The van der Waals surface area contributed by atoms with Gasteiger partial charge in [0.25, 0.3) is 0 Å². The molecule has 2 atom stereocenters. The van der Waals surface area contributed by atoms with Gasteiger partial charge in [0, 0.05) is 16.5 Å². The molecule has 1 aliphatic carbocycles. The predicted octanol–water partition coefficient (Wildman–Crippen LogP) is 3.43. The van der Waals surface area contributed by atoms with Crippen molar-refractivity contribution in [1.82, 2.24) is 0 Å². The molecule has 3 rings (SSSR count). The first-order chi connectivity index (χ1) is 7.74. The molecule has 0 aromatic heterocycles. The zero-order valence-corrected chi connectivity index (χ0v) is 10.6. The fraction of sp³-hybridized carbons (Fsp3) is 0.538. The van der Waals surface area contributed by atoms with E-state index in [4.69, 9.17) is 4.74 Å². The summed E-state index contributed by atoms with van der Waals surface area (Å²) in [6, 6.07) is 5.86. The Morgan fingerprint density at radius 2 is 2.12 bits per heavy atom. The van der Waals surface area contributed by atoms with Crippen LogP contribution in [0.5, 0.6) is 5.75 Å². The van der Waals surface area contributed by atoms with E-state index in [2.05, 4.69) is 15.9 Å². The van der Waals surface area contributed by atoms with E-state index in [9.17, 15) is 5.11 Å². The number of rotatable bonds is 1. The maximum absolute atomic E-state index is 10.1. The third kappa shape index (κ3) is 1.76. The van der Waals surface area contributed by atoms with Crippen molar-refractivity contribution >= 4 is 15.9 Å². The van der Waals surface area contributed by atoms with Crippen LogP contribution in [0.3, 0.4) is 0 Å². The van der Waals surface area contributed by atoms with Crippen molar-refractivity contribution in [3.63, 3.8) is 0 Å². The van der Waals surface area contributed by atoms with E-state index in [1.165, 1.54) is 19.3 Å². The number of fused-ring (bicyclic) bond motifs is 1. The van der Waals surface area contributed by atoms with Crippen molar-refractivity contribution in [2.45, 2.75) is 37.9 Å². The fourth-order valence-electron chi connectivity index (χ4n) is 2.54.